The first-order valence-electron chi connectivity index (χ1n) is 11.8. The van der Waals surface area contributed by atoms with E-state index in [1.807, 2.05) is 0 Å². The van der Waals surface area contributed by atoms with Gasteiger partial charge in [0.1, 0.15) is 11.4 Å². The van der Waals surface area contributed by atoms with Crippen LogP contribution < -0.4 is 10.6 Å². The fourth-order valence-corrected chi connectivity index (χ4v) is 4.99. The standard InChI is InChI=1S/C27H24ClF4N3O3/c28-19-9-10-23(33-15-19)26(14-16-5-2-1-3-6-16,17-11-18(27(30,31)32)13-20(29)12-17)35-25(38)34-22-8-4-7-21(22)24(36)37/h1-3,5-6,9-13,15,21-22H,4,7-8,14H2,(H,36,37)(H2,34,35,38)/t21-,22+,26-/m0/s1. The van der Waals surface area contributed by atoms with Crippen LogP contribution in [0, 0.1) is 11.7 Å². The maximum Gasteiger partial charge on any atom is 0.416 e. The van der Waals surface area contributed by atoms with E-state index in [9.17, 15) is 32.3 Å². The number of benzene rings is 2. The zero-order valence-electron chi connectivity index (χ0n) is 19.9. The highest BCUT2D eigenvalue weighted by atomic mass is 35.5. The lowest BCUT2D eigenvalue weighted by Gasteiger charge is -2.36. The minimum atomic E-state index is -4.86. The number of amides is 2. The number of hydrogen-bond acceptors (Lipinski definition) is 3. The maximum atomic E-state index is 14.7. The molecule has 0 unspecified atom stereocenters. The Kier molecular flexibility index (Phi) is 7.91. The van der Waals surface area contributed by atoms with Gasteiger partial charge in [0.25, 0.3) is 0 Å². The smallest absolute Gasteiger partial charge is 0.416 e. The van der Waals surface area contributed by atoms with Crippen molar-refractivity contribution in [2.24, 2.45) is 5.92 Å². The third kappa shape index (κ3) is 6.07. The second kappa shape index (κ2) is 11.0. The van der Waals surface area contributed by atoms with Crippen molar-refractivity contribution < 1.29 is 32.3 Å². The first-order valence-corrected chi connectivity index (χ1v) is 12.2. The van der Waals surface area contributed by atoms with E-state index in [1.165, 1.54) is 18.3 Å². The van der Waals surface area contributed by atoms with Crippen LogP contribution in [0.1, 0.15) is 41.6 Å². The molecule has 38 heavy (non-hydrogen) atoms. The molecule has 4 rings (SSSR count). The maximum absolute atomic E-state index is 14.7. The molecule has 0 radical (unpaired) electrons. The summed E-state index contributed by atoms with van der Waals surface area (Å²) in [5, 5.41) is 15.2. The number of nitrogens with zero attached hydrogens (tertiary/aromatic N) is 1. The van der Waals surface area contributed by atoms with Gasteiger partial charge in [0.05, 0.1) is 22.2 Å². The van der Waals surface area contributed by atoms with Crippen LogP contribution in [0.2, 0.25) is 5.02 Å². The van der Waals surface area contributed by atoms with Gasteiger partial charge in [0, 0.05) is 18.7 Å². The number of carboxylic acid groups (broad SMARTS) is 1. The predicted molar refractivity (Wildman–Crippen MR) is 132 cm³/mol. The van der Waals surface area contributed by atoms with Crippen molar-refractivity contribution in [1.29, 1.82) is 0 Å². The van der Waals surface area contributed by atoms with Crippen molar-refractivity contribution in [3.05, 3.63) is 100 Å². The van der Waals surface area contributed by atoms with Crippen LogP contribution in [0.5, 0.6) is 0 Å². The molecule has 1 heterocycles. The molecule has 6 nitrogen and oxygen atoms in total. The number of carbonyl (C=O) groups excluding carboxylic acids is 1. The number of nitrogens with one attached hydrogen (secondary N) is 2. The van der Waals surface area contributed by atoms with Gasteiger partial charge in [-0.1, -0.05) is 48.4 Å². The average molecular weight is 550 g/mol. The number of pyridine rings is 1. The van der Waals surface area contributed by atoms with Crippen LogP contribution in [0.3, 0.4) is 0 Å². The monoisotopic (exact) mass is 549 g/mol. The third-order valence-electron chi connectivity index (χ3n) is 6.67. The van der Waals surface area contributed by atoms with Crippen molar-refractivity contribution in [2.75, 3.05) is 0 Å². The number of carbonyl (C=O) groups is 2. The summed E-state index contributed by atoms with van der Waals surface area (Å²) < 4.78 is 55.8. The second-order valence-electron chi connectivity index (χ2n) is 9.24. The molecule has 200 valence electrons. The van der Waals surface area contributed by atoms with Gasteiger partial charge in [-0.15, -0.1) is 0 Å². The topological polar surface area (TPSA) is 91.3 Å². The van der Waals surface area contributed by atoms with Crippen molar-refractivity contribution in [1.82, 2.24) is 15.6 Å². The summed E-state index contributed by atoms with van der Waals surface area (Å²) in [6.45, 7) is 0. The Hall–Kier alpha value is -3.66. The molecule has 3 N–H and O–H groups in total. The summed E-state index contributed by atoms with van der Waals surface area (Å²) >= 11 is 6.02. The SMILES string of the molecule is O=C(N[C@@H]1CCC[C@@H]1C(=O)O)N[C@@](Cc1ccccc1)(c1cc(F)cc(C(F)(F)F)c1)c1ccc(Cl)cn1. The summed E-state index contributed by atoms with van der Waals surface area (Å²) in [5.74, 6) is -3.00. The van der Waals surface area contributed by atoms with Gasteiger partial charge < -0.3 is 15.7 Å². The molecule has 1 aliphatic rings. The van der Waals surface area contributed by atoms with Crippen molar-refractivity contribution in [2.45, 2.75) is 43.4 Å². The third-order valence-corrected chi connectivity index (χ3v) is 6.89. The number of aliphatic carboxylic acids is 1. The summed E-state index contributed by atoms with van der Waals surface area (Å²) in [4.78, 5) is 29.3. The quantitative estimate of drug-likeness (QED) is 0.319. The van der Waals surface area contributed by atoms with E-state index in [2.05, 4.69) is 15.6 Å². The van der Waals surface area contributed by atoms with Crippen molar-refractivity contribution in [3.63, 3.8) is 0 Å². The molecule has 0 bridgehead atoms. The highest BCUT2D eigenvalue weighted by Crippen LogP contribution is 2.38. The number of hydrogen-bond donors (Lipinski definition) is 3. The molecule has 1 aromatic heterocycles. The van der Waals surface area contributed by atoms with Crippen LogP contribution in [0.4, 0.5) is 22.4 Å². The van der Waals surface area contributed by atoms with Gasteiger partial charge >= 0.3 is 18.2 Å². The predicted octanol–water partition coefficient (Wildman–Crippen LogP) is 5.93. The number of alkyl halides is 3. The fourth-order valence-electron chi connectivity index (χ4n) is 4.88. The average Bonchev–Trinajstić information content (AvgIpc) is 3.32. The molecule has 3 aromatic rings. The summed E-state index contributed by atoms with van der Waals surface area (Å²) in [6.07, 6.45) is -2.28. The molecule has 0 aliphatic heterocycles. The van der Waals surface area contributed by atoms with Gasteiger partial charge in [-0.05, 0) is 54.3 Å². The van der Waals surface area contributed by atoms with E-state index in [0.717, 1.165) is 12.1 Å². The Bertz CT molecular complexity index is 1310. The molecule has 11 heteroatoms. The van der Waals surface area contributed by atoms with Crippen LogP contribution in [0.25, 0.3) is 0 Å². The lowest BCUT2D eigenvalue weighted by Crippen LogP contribution is -2.55. The van der Waals surface area contributed by atoms with Crippen LogP contribution in [0.15, 0.2) is 66.9 Å². The Labute approximate surface area is 221 Å². The number of urea groups is 1. The molecule has 1 saturated carbocycles. The Morgan fingerprint density at radius 1 is 1.03 bits per heavy atom. The van der Waals surface area contributed by atoms with Crippen molar-refractivity contribution >= 4 is 23.6 Å². The van der Waals surface area contributed by atoms with Crippen LogP contribution in [-0.2, 0) is 22.9 Å². The van der Waals surface area contributed by atoms with E-state index in [-0.39, 0.29) is 22.7 Å². The largest absolute Gasteiger partial charge is 0.481 e. The van der Waals surface area contributed by atoms with Crippen LogP contribution in [-0.4, -0.2) is 28.1 Å². The van der Waals surface area contributed by atoms with E-state index >= 15 is 0 Å². The highest BCUT2D eigenvalue weighted by Gasteiger charge is 2.42. The zero-order chi connectivity index (χ0) is 27.5. The minimum absolute atomic E-state index is 0.0936. The Morgan fingerprint density at radius 2 is 1.74 bits per heavy atom. The number of carboxylic acids is 1. The fraction of sp³-hybridized carbons (Fsp3) is 0.296. The number of rotatable bonds is 7. The van der Waals surface area contributed by atoms with E-state index < -0.39 is 47.1 Å². The van der Waals surface area contributed by atoms with E-state index in [4.69, 9.17) is 11.6 Å². The lowest BCUT2D eigenvalue weighted by molar-refractivity contribution is -0.142. The molecule has 2 amide bonds. The Morgan fingerprint density at radius 3 is 2.37 bits per heavy atom. The highest BCUT2D eigenvalue weighted by molar-refractivity contribution is 6.30. The summed E-state index contributed by atoms with van der Waals surface area (Å²) in [6, 6.07) is 12.1. The first kappa shape index (κ1) is 27.4. The van der Waals surface area contributed by atoms with Gasteiger partial charge in [0.15, 0.2) is 0 Å². The lowest BCUT2D eigenvalue weighted by atomic mass is 9.79. The number of aromatic nitrogens is 1. The second-order valence-corrected chi connectivity index (χ2v) is 9.67. The Balaban J connectivity index is 1.86. The molecule has 0 spiro atoms. The molecular weight excluding hydrogens is 526 g/mol. The molecule has 1 fully saturated rings. The van der Waals surface area contributed by atoms with Gasteiger partial charge in [-0.2, -0.15) is 13.2 Å². The van der Waals surface area contributed by atoms with Crippen molar-refractivity contribution in [3.8, 4) is 0 Å². The van der Waals surface area contributed by atoms with E-state index in [0.29, 0.717) is 30.9 Å². The first-order chi connectivity index (χ1) is 18.0. The summed E-state index contributed by atoms with van der Waals surface area (Å²) in [5.41, 5.74) is -2.48. The molecular formula is C27H24ClF4N3O3. The normalized spacial score (nSPS) is 19.0. The minimum Gasteiger partial charge on any atom is -0.481 e. The van der Waals surface area contributed by atoms with Crippen LogP contribution >= 0.6 is 11.6 Å². The van der Waals surface area contributed by atoms with Gasteiger partial charge in [-0.3, -0.25) is 9.78 Å². The molecule has 2 aromatic carbocycles. The van der Waals surface area contributed by atoms with Gasteiger partial charge in [-0.25, -0.2) is 9.18 Å². The van der Waals surface area contributed by atoms with E-state index in [1.54, 1.807) is 30.3 Å². The molecule has 3 atom stereocenters. The number of halogens is 5. The molecule has 0 saturated heterocycles. The summed E-state index contributed by atoms with van der Waals surface area (Å²) in [7, 11) is 0. The zero-order valence-corrected chi connectivity index (χ0v) is 20.7. The van der Waals surface area contributed by atoms with Gasteiger partial charge in [0.2, 0.25) is 0 Å². The molecule has 1 aliphatic carbocycles.